The molecule has 118 valence electrons. The lowest BCUT2D eigenvalue weighted by Crippen LogP contribution is -2.28. The van der Waals surface area contributed by atoms with Crippen molar-refractivity contribution in [3.8, 4) is 11.3 Å². The van der Waals surface area contributed by atoms with E-state index in [0.717, 1.165) is 37.2 Å². The van der Waals surface area contributed by atoms with E-state index >= 15 is 0 Å². The van der Waals surface area contributed by atoms with E-state index in [1.165, 1.54) is 6.92 Å². The first-order valence-electron chi connectivity index (χ1n) is 7.77. The summed E-state index contributed by atoms with van der Waals surface area (Å²) in [5.41, 5.74) is 2.90. The summed E-state index contributed by atoms with van der Waals surface area (Å²) in [7, 11) is 0. The van der Waals surface area contributed by atoms with Crippen LogP contribution in [0.3, 0.4) is 0 Å². The molecular formula is C18H19N3O2. The molecule has 1 aromatic carbocycles. The van der Waals surface area contributed by atoms with Gasteiger partial charge in [0.05, 0.1) is 11.3 Å². The van der Waals surface area contributed by atoms with E-state index in [1.54, 1.807) is 12.3 Å². The van der Waals surface area contributed by atoms with Crippen LogP contribution in [0.2, 0.25) is 0 Å². The SMILES string of the molecule is CC(=O)Nc1ccc(-c2ncccc2C(=O)N2CCCC2)cc1. The molecule has 2 aromatic rings. The second-order valence-corrected chi connectivity index (χ2v) is 5.66. The number of carbonyl (C=O) groups excluding carboxylic acids is 2. The first-order valence-corrected chi connectivity index (χ1v) is 7.77. The molecule has 1 aliphatic rings. The van der Waals surface area contributed by atoms with Crippen molar-refractivity contribution >= 4 is 17.5 Å². The van der Waals surface area contributed by atoms with Crippen molar-refractivity contribution in [1.82, 2.24) is 9.88 Å². The number of amides is 2. The third-order valence-corrected chi connectivity index (χ3v) is 3.91. The average molecular weight is 309 g/mol. The monoisotopic (exact) mass is 309 g/mol. The highest BCUT2D eigenvalue weighted by molar-refractivity contribution is 6.00. The predicted octanol–water partition coefficient (Wildman–Crippen LogP) is 2.94. The van der Waals surface area contributed by atoms with Crippen LogP contribution in [0.15, 0.2) is 42.6 Å². The van der Waals surface area contributed by atoms with Gasteiger partial charge in [0, 0.05) is 37.5 Å². The largest absolute Gasteiger partial charge is 0.339 e. The van der Waals surface area contributed by atoms with Crippen LogP contribution in [0, 0.1) is 0 Å². The van der Waals surface area contributed by atoms with E-state index in [4.69, 9.17) is 0 Å². The Morgan fingerprint density at radius 2 is 1.78 bits per heavy atom. The van der Waals surface area contributed by atoms with E-state index in [1.807, 2.05) is 35.2 Å². The van der Waals surface area contributed by atoms with Gasteiger partial charge in [0.25, 0.3) is 5.91 Å². The molecule has 2 heterocycles. The zero-order chi connectivity index (χ0) is 16.2. The standard InChI is InChI=1S/C18H19N3O2/c1-13(22)20-15-8-6-14(7-9-15)17-16(5-4-10-19-17)18(23)21-11-2-3-12-21/h4-10H,2-3,11-12H2,1H3,(H,20,22). The van der Waals surface area contributed by atoms with Gasteiger partial charge in [-0.2, -0.15) is 0 Å². The second kappa shape index (κ2) is 6.60. The summed E-state index contributed by atoms with van der Waals surface area (Å²) in [5.74, 6) is -0.0722. The fraction of sp³-hybridized carbons (Fsp3) is 0.278. The van der Waals surface area contributed by atoms with Gasteiger partial charge in [0.1, 0.15) is 0 Å². The quantitative estimate of drug-likeness (QED) is 0.948. The summed E-state index contributed by atoms with van der Waals surface area (Å²) in [6.45, 7) is 3.10. The summed E-state index contributed by atoms with van der Waals surface area (Å²) >= 11 is 0. The topological polar surface area (TPSA) is 62.3 Å². The van der Waals surface area contributed by atoms with Crippen LogP contribution in [-0.4, -0.2) is 34.8 Å². The van der Waals surface area contributed by atoms with Crippen LogP contribution < -0.4 is 5.32 Å². The van der Waals surface area contributed by atoms with Crippen molar-refractivity contribution in [2.24, 2.45) is 0 Å². The van der Waals surface area contributed by atoms with Crippen LogP contribution >= 0.6 is 0 Å². The number of pyridine rings is 1. The minimum atomic E-state index is -0.111. The van der Waals surface area contributed by atoms with Crippen molar-refractivity contribution in [3.63, 3.8) is 0 Å². The maximum atomic E-state index is 12.7. The number of rotatable bonds is 3. The first-order chi connectivity index (χ1) is 11.1. The highest BCUT2D eigenvalue weighted by Crippen LogP contribution is 2.25. The van der Waals surface area contributed by atoms with Gasteiger partial charge in [-0.15, -0.1) is 0 Å². The van der Waals surface area contributed by atoms with Gasteiger partial charge in [-0.3, -0.25) is 14.6 Å². The molecule has 2 amide bonds. The number of aromatic nitrogens is 1. The number of nitrogens with zero attached hydrogens (tertiary/aromatic N) is 2. The van der Waals surface area contributed by atoms with Gasteiger partial charge in [-0.1, -0.05) is 12.1 Å². The van der Waals surface area contributed by atoms with E-state index < -0.39 is 0 Å². The highest BCUT2D eigenvalue weighted by Gasteiger charge is 2.22. The van der Waals surface area contributed by atoms with E-state index in [9.17, 15) is 9.59 Å². The molecule has 0 saturated carbocycles. The molecule has 1 aromatic heterocycles. The van der Waals surface area contributed by atoms with Crippen molar-refractivity contribution in [1.29, 1.82) is 0 Å². The van der Waals surface area contributed by atoms with Crippen LogP contribution in [0.25, 0.3) is 11.3 Å². The molecule has 1 fully saturated rings. The molecule has 1 saturated heterocycles. The number of hydrogen-bond donors (Lipinski definition) is 1. The smallest absolute Gasteiger partial charge is 0.256 e. The average Bonchev–Trinajstić information content (AvgIpc) is 3.09. The summed E-state index contributed by atoms with van der Waals surface area (Å²) in [6.07, 6.45) is 3.82. The van der Waals surface area contributed by atoms with E-state index in [0.29, 0.717) is 11.3 Å². The van der Waals surface area contributed by atoms with Crippen LogP contribution in [0.5, 0.6) is 0 Å². The van der Waals surface area contributed by atoms with Gasteiger partial charge >= 0.3 is 0 Å². The Balaban J connectivity index is 1.90. The third kappa shape index (κ3) is 3.39. The maximum absolute atomic E-state index is 12.7. The molecule has 0 atom stereocenters. The molecule has 1 aliphatic heterocycles. The molecule has 0 bridgehead atoms. The van der Waals surface area contributed by atoms with Crippen molar-refractivity contribution in [2.45, 2.75) is 19.8 Å². The first kappa shape index (κ1) is 15.2. The molecule has 0 spiro atoms. The molecule has 0 aliphatic carbocycles. The molecule has 5 heteroatoms. The lowest BCUT2D eigenvalue weighted by atomic mass is 10.0. The summed E-state index contributed by atoms with van der Waals surface area (Å²) in [6, 6.07) is 11.0. The fourth-order valence-electron chi connectivity index (χ4n) is 2.81. The number of benzene rings is 1. The van der Waals surface area contributed by atoms with Gasteiger partial charge in [-0.25, -0.2) is 0 Å². The van der Waals surface area contributed by atoms with Gasteiger partial charge in [0.2, 0.25) is 5.91 Å². The Labute approximate surface area is 135 Å². The Hall–Kier alpha value is -2.69. The summed E-state index contributed by atoms with van der Waals surface area (Å²) in [5, 5.41) is 2.73. The molecular weight excluding hydrogens is 290 g/mol. The molecule has 23 heavy (non-hydrogen) atoms. The van der Waals surface area contributed by atoms with Crippen LogP contribution in [0.1, 0.15) is 30.1 Å². The third-order valence-electron chi connectivity index (χ3n) is 3.91. The normalized spacial score (nSPS) is 13.9. The lowest BCUT2D eigenvalue weighted by Gasteiger charge is -2.17. The van der Waals surface area contributed by atoms with Gasteiger partial charge in [0.15, 0.2) is 0 Å². The van der Waals surface area contributed by atoms with Crippen LogP contribution in [0.4, 0.5) is 5.69 Å². The predicted molar refractivity (Wildman–Crippen MR) is 89.1 cm³/mol. The number of hydrogen-bond acceptors (Lipinski definition) is 3. The number of carbonyl (C=O) groups is 2. The zero-order valence-electron chi connectivity index (χ0n) is 13.1. The fourth-order valence-corrected chi connectivity index (χ4v) is 2.81. The highest BCUT2D eigenvalue weighted by atomic mass is 16.2. The van der Waals surface area contributed by atoms with Gasteiger partial charge in [-0.05, 0) is 37.1 Å². The number of nitrogens with one attached hydrogen (secondary N) is 1. The number of likely N-dealkylation sites (tertiary alicyclic amines) is 1. The van der Waals surface area contributed by atoms with Crippen molar-refractivity contribution in [2.75, 3.05) is 18.4 Å². The van der Waals surface area contributed by atoms with Crippen LogP contribution in [-0.2, 0) is 4.79 Å². The van der Waals surface area contributed by atoms with Gasteiger partial charge < -0.3 is 10.2 Å². The lowest BCUT2D eigenvalue weighted by molar-refractivity contribution is -0.114. The molecule has 0 radical (unpaired) electrons. The summed E-state index contributed by atoms with van der Waals surface area (Å²) < 4.78 is 0. The molecule has 3 rings (SSSR count). The molecule has 0 unspecified atom stereocenters. The Morgan fingerprint density at radius 3 is 2.43 bits per heavy atom. The summed E-state index contributed by atoms with van der Waals surface area (Å²) in [4.78, 5) is 30.0. The van der Waals surface area contributed by atoms with Crippen molar-refractivity contribution in [3.05, 3.63) is 48.2 Å². The molecule has 1 N–H and O–H groups in total. The molecule has 5 nitrogen and oxygen atoms in total. The Kier molecular flexibility index (Phi) is 4.37. The zero-order valence-corrected chi connectivity index (χ0v) is 13.1. The minimum Gasteiger partial charge on any atom is -0.339 e. The maximum Gasteiger partial charge on any atom is 0.256 e. The minimum absolute atomic E-state index is 0.0385. The van der Waals surface area contributed by atoms with E-state index in [2.05, 4.69) is 10.3 Å². The second-order valence-electron chi connectivity index (χ2n) is 5.66. The number of anilines is 1. The van der Waals surface area contributed by atoms with E-state index in [-0.39, 0.29) is 11.8 Å². The van der Waals surface area contributed by atoms with Crippen molar-refractivity contribution < 1.29 is 9.59 Å². The Morgan fingerprint density at radius 1 is 1.09 bits per heavy atom. The Bertz CT molecular complexity index is 719.